The van der Waals surface area contributed by atoms with Crippen LogP contribution in [0.5, 0.6) is 11.5 Å². The fraction of sp³-hybridized carbons (Fsp3) is 0.346. The van der Waals surface area contributed by atoms with E-state index >= 15 is 0 Å². The Morgan fingerprint density at radius 3 is 2.49 bits per heavy atom. The summed E-state index contributed by atoms with van der Waals surface area (Å²) in [6.07, 6.45) is 2.36. The molecule has 0 N–H and O–H groups in total. The molecule has 0 atom stereocenters. The molecule has 0 bridgehead atoms. The van der Waals surface area contributed by atoms with Gasteiger partial charge in [0.1, 0.15) is 5.82 Å². The van der Waals surface area contributed by atoms with Crippen LogP contribution in [0.1, 0.15) is 40.7 Å². The number of rotatable bonds is 9. The fourth-order valence-corrected chi connectivity index (χ4v) is 4.26. The predicted molar refractivity (Wildman–Crippen MR) is 126 cm³/mol. The molecule has 0 saturated carbocycles. The Labute approximate surface area is 203 Å². The van der Waals surface area contributed by atoms with Gasteiger partial charge in [-0.05, 0) is 68.1 Å². The number of halogens is 1. The fourth-order valence-electron chi connectivity index (χ4n) is 4.26. The number of fused-ring (bicyclic) bond motifs is 1. The molecule has 1 amide bonds. The van der Waals surface area contributed by atoms with E-state index in [4.69, 9.17) is 14.2 Å². The summed E-state index contributed by atoms with van der Waals surface area (Å²) in [5.74, 6) is -0.119. The van der Waals surface area contributed by atoms with Crippen LogP contribution in [0.4, 0.5) is 4.39 Å². The van der Waals surface area contributed by atoms with E-state index in [-0.39, 0.29) is 17.4 Å². The molecule has 1 aliphatic rings. The Morgan fingerprint density at radius 1 is 1.06 bits per heavy atom. The molecule has 4 rings (SSSR count). The second-order valence-corrected chi connectivity index (χ2v) is 8.19. The zero-order chi connectivity index (χ0) is 24.9. The van der Waals surface area contributed by atoms with Gasteiger partial charge in [0, 0.05) is 24.3 Å². The average Bonchev–Trinajstić information content (AvgIpc) is 3.49. The van der Waals surface area contributed by atoms with Gasteiger partial charge in [-0.1, -0.05) is 6.07 Å². The first-order valence-electron chi connectivity index (χ1n) is 11.5. The second-order valence-electron chi connectivity index (χ2n) is 8.19. The maximum Gasteiger partial charge on any atom is 0.359 e. The highest BCUT2D eigenvalue weighted by molar-refractivity contribution is 5.91. The molecule has 184 valence electrons. The van der Waals surface area contributed by atoms with E-state index in [1.807, 2.05) is 19.1 Å². The number of hydrogen-bond acceptors (Lipinski definition) is 6. The lowest BCUT2D eigenvalue weighted by Gasteiger charge is -2.21. The maximum atomic E-state index is 13.3. The van der Waals surface area contributed by atoms with Crippen LogP contribution in [0.3, 0.4) is 0 Å². The van der Waals surface area contributed by atoms with Crippen LogP contribution in [0.2, 0.25) is 0 Å². The number of methoxy groups -OCH3 is 2. The zero-order valence-electron chi connectivity index (χ0n) is 20.0. The van der Waals surface area contributed by atoms with Gasteiger partial charge in [-0.25, -0.2) is 13.9 Å². The molecular weight excluding hydrogens is 453 g/mol. The van der Waals surface area contributed by atoms with Crippen molar-refractivity contribution in [2.75, 3.05) is 27.4 Å². The van der Waals surface area contributed by atoms with Crippen molar-refractivity contribution in [2.45, 2.75) is 32.7 Å². The summed E-state index contributed by atoms with van der Waals surface area (Å²) in [5.41, 5.74) is 3.48. The molecule has 0 spiro atoms. The van der Waals surface area contributed by atoms with Crippen LogP contribution >= 0.6 is 0 Å². The van der Waals surface area contributed by atoms with Gasteiger partial charge in [0.15, 0.2) is 23.8 Å². The molecule has 8 nitrogen and oxygen atoms in total. The molecule has 1 heterocycles. The van der Waals surface area contributed by atoms with E-state index in [0.29, 0.717) is 36.7 Å². The van der Waals surface area contributed by atoms with Crippen molar-refractivity contribution in [2.24, 2.45) is 0 Å². The van der Waals surface area contributed by atoms with Crippen molar-refractivity contribution in [3.05, 3.63) is 70.8 Å². The number of benzene rings is 2. The van der Waals surface area contributed by atoms with E-state index in [1.165, 1.54) is 12.1 Å². The summed E-state index contributed by atoms with van der Waals surface area (Å²) in [7, 11) is 3.11. The average molecular weight is 482 g/mol. The monoisotopic (exact) mass is 481 g/mol. The van der Waals surface area contributed by atoms with Crippen molar-refractivity contribution in [1.82, 2.24) is 14.7 Å². The highest BCUT2D eigenvalue weighted by Gasteiger charge is 2.28. The molecule has 0 radical (unpaired) electrons. The van der Waals surface area contributed by atoms with Crippen molar-refractivity contribution in [3.8, 4) is 17.2 Å². The predicted octanol–water partition coefficient (Wildman–Crippen LogP) is 3.72. The summed E-state index contributed by atoms with van der Waals surface area (Å²) in [5, 5.41) is 4.45. The standard InChI is InChI=1S/C26H28FN3O5/c1-4-29(15-17-8-13-22(33-2)23(14-17)34-3)24(31)16-35-26(32)25-20-6-5-7-21(20)30(28-25)19-11-9-18(27)10-12-19/h8-14H,4-7,15-16H2,1-3H3. The summed E-state index contributed by atoms with van der Waals surface area (Å²) in [4.78, 5) is 27.3. The normalized spacial score (nSPS) is 12.2. The second kappa shape index (κ2) is 10.6. The van der Waals surface area contributed by atoms with Crippen LogP contribution in [-0.4, -0.2) is 53.9 Å². The van der Waals surface area contributed by atoms with Crippen LogP contribution in [0, 0.1) is 5.82 Å². The number of aromatic nitrogens is 2. The number of esters is 1. The minimum absolute atomic E-state index is 0.206. The molecule has 3 aromatic rings. The van der Waals surface area contributed by atoms with Gasteiger partial charge >= 0.3 is 5.97 Å². The highest BCUT2D eigenvalue weighted by Crippen LogP contribution is 2.29. The van der Waals surface area contributed by atoms with Gasteiger partial charge in [0.25, 0.3) is 5.91 Å². The molecule has 0 fully saturated rings. The topological polar surface area (TPSA) is 82.9 Å². The highest BCUT2D eigenvalue weighted by atomic mass is 19.1. The van der Waals surface area contributed by atoms with E-state index in [9.17, 15) is 14.0 Å². The molecular formula is C26H28FN3O5. The third kappa shape index (κ3) is 5.13. The van der Waals surface area contributed by atoms with Crippen molar-refractivity contribution in [1.29, 1.82) is 0 Å². The first kappa shape index (κ1) is 24.3. The first-order valence-corrected chi connectivity index (χ1v) is 11.5. The molecule has 9 heteroatoms. The Bertz CT molecular complexity index is 1220. The van der Waals surface area contributed by atoms with Gasteiger partial charge in [-0.3, -0.25) is 4.79 Å². The Kier molecular flexibility index (Phi) is 7.33. The Hall–Kier alpha value is -3.88. The SMILES string of the molecule is CCN(Cc1ccc(OC)c(OC)c1)C(=O)COC(=O)c1nn(-c2ccc(F)cc2)c2c1CCC2. The molecule has 0 saturated heterocycles. The van der Waals surface area contributed by atoms with Crippen LogP contribution in [0.25, 0.3) is 5.69 Å². The lowest BCUT2D eigenvalue weighted by molar-refractivity contribution is -0.135. The molecule has 1 aliphatic carbocycles. The molecule has 0 aliphatic heterocycles. The van der Waals surface area contributed by atoms with Gasteiger partial charge in [0.05, 0.1) is 19.9 Å². The Balaban J connectivity index is 1.44. The number of hydrogen-bond donors (Lipinski definition) is 0. The Morgan fingerprint density at radius 2 is 1.80 bits per heavy atom. The van der Waals surface area contributed by atoms with E-state index < -0.39 is 12.6 Å². The largest absolute Gasteiger partial charge is 0.493 e. The minimum Gasteiger partial charge on any atom is -0.493 e. The zero-order valence-corrected chi connectivity index (χ0v) is 20.0. The third-order valence-electron chi connectivity index (χ3n) is 6.08. The van der Waals surface area contributed by atoms with Gasteiger partial charge in [-0.2, -0.15) is 5.10 Å². The quantitative estimate of drug-likeness (QED) is 0.433. The number of likely N-dealkylation sites (N-methyl/N-ethyl adjacent to an activating group) is 1. The molecule has 35 heavy (non-hydrogen) atoms. The first-order chi connectivity index (χ1) is 16.9. The minimum atomic E-state index is -0.639. The lowest BCUT2D eigenvalue weighted by Crippen LogP contribution is -2.34. The third-order valence-corrected chi connectivity index (χ3v) is 6.08. The lowest BCUT2D eigenvalue weighted by atomic mass is 10.2. The number of carbonyl (C=O) groups excluding carboxylic acids is 2. The number of carbonyl (C=O) groups is 2. The summed E-state index contributed by atoms with van der Waals surface area (Å²) in [6, 6.07) is 11.4. The number of amides is 1. The summed E-state index contributed by atoms with van der Waals surface area (Å²) < 4.78 is 31.0. The van der Waals surface area contributed by atoms with Crippen LogP contribution < -0.4 is 9.47 Å². The van der Waals surface area contributed by atoms with Gasteiger partial charge in [0.2, 0.25) is 0 Å². The van der Waals surface area contributed by atoms with E-state index in [1.54, 1.807) is 42.0 Å². The van der Waals surface area contributed by atoms with Gasteiger partial charge in [-0.15, -0.1) is 0 Å². The number of ether oxygens (including phenoxy) is 3. The van der Waals surface area contributed by atoms with Crippen molar-refractivity contribution >= 4 is 11.9 Å². The van der Waals surface area contributed by atoms with Crippen LogP contribution in [0.15, 0.2) is 42.5 Å². The van der Waals surface area contributed by atoms with Gasteiger partial charge < -0.3 is 19.1 Å². The summed E-state index contributed by atoms with van der Waals surface area (Å²) in [6.45, 7) is 2.25. The molecule has 1 aromatic heterocycles. The summed E-state index contributed by atoms with van der Waals surface area (Å²) >= 11 is 0. The maximum absolute atomic E-state index is 13.3. The smallest absolute Gasteiger partial charge is 0.359 e. The molecule has 0 unspecified atom stereocenters. The van der Waals surface area contributed by atoms with Crippen LogP contribution in [-0.2, 0) is 28.9 Å². The number of nitrogens with zero attached hydrogens (tertiary/aromatic N) is 3. The van der Waals surface area contributed by atoms with E-state index in [0.717, 1.165) is 29.7 Å². The van der Waals surface area contributed by atoms with Crippen molar-refractivity contribution in [3.63, 3.8) is 0 Å². The molecule has 2 aromatic carbocycles. The van der Waals surface area contributed by atoms with E-state index in [2.05, 4.69) is 5.10 Å². The van der Waals surface area contributed by atoms with Crippen molar-refractivity contribution < 1.29 is 28.2 Å².